The molecule has 4 bridgehead atoms. The van der Waals surface area contributed by atoms with Gasteiger partial charge in [-0.3, -0.25) is 29.1 Å². The van der Waals surface area contributed by atoms with Crippen LogP contribution < -0.4 is 34.0 Å². The number of aldehydes is 1. The Morgan fingerprint density at radius 1 is 0.578 bits per heavy atom. The molecule has 0 radical (unpaired) electrons. The van der Waals surface area contributed by atoms with Crippen molar-refractivity contribution in [3.8, 4) is 11.5 Å². The number of aryl methyl sites for hydroxylation is 2. The van der Waals surface area contributed by atoms with E-state index in [0.29, 0.717) is 75.6 Å². The lowest BCUT2D eigenvalue weighted by Gasteiger charge is -2.53. The molecule has 12 aliphatic rings. The molecule has 4 aliphatic carbocycles. The van der Waals surface area contributed by atoms with Crippen molar-refractivity contribution < 1.29 is 59.6 Å². The van der Waals surface area contributed by atoms with Crippen LogP contribution in [-0.4, -0.2) is 221 Å². The molecule has 109 heavy (non-hydrogen) atoms. The number of amides is 2. The van der Waals surface area contributed by atoms with Gasteiger partial charge in [0.2, 0.25) is 20.0 Å². The average molecular weight is 1580 g/mol. The molecular weight excluding hydrogens is 1460 g/mol. The van der Waals surface area contributed by atoms with Crippen LogP contribution in [0, 0.1) is 35.5 Å². The van der Waals surface area contributed by atoms with E-state index in [9.17, 15) is 31.2 Å². The molecule has 2 amide bonds. The van der Waals surface area contributed by atoms with E-state index in [1.54, 1.807) is 38.1 Å². The zero-order valence-electron chi connectivity index (χ0n) is 64.5. The first-order chi connectivity index (χ1) is 52.5. The van der Waals surface area contributed by atoms with Crippen LogP contribution in [0.2, 0.25) is 10.0 Å². The number of nitrogens with zero attached hydrogens (tertiary/aromatic N) is 5. The number of anilines is 2. The van der Waals surface area contributed by atoms with Gasteiger partial charge in [0.1, 0.15) is 22.7 Å². The van der Waals surface area contributed by atoms with Gasteiger partial charge in [-0.2, -0.15) is 0 Å². The van der Waals surface area contributed by atoms with Gasteiger partial charge in [0.05, 0.1) is 73.6 Å². The normalized spacial score (nSPS) is 33.4. The van der Waals surface area contributed by atoms with Crippen LogP contribution in [0.15, 0.2) is 97.1 Å². The van der Waals surface area contributed by atoms with Gasteiger partial charge in [-0.25, -0.2) is 26.3 Å². The fourth-order valence-electron chi connectivity index (χ4n) is 19.4. The molecule has 25 heteroatoms. The van der Waals surface area contributed by atoms with E-state index in [4.69, 9.17) is 51.6 Å². The molecule has 21 nitrogen and oxygen atoms in total. The van der Waals surface area contributed by atoms with E-state index >= 15 is 0 Å². The molecule has 12 atom stereocenters. The number of sulfonamides is 2. The number of benzene rings is 4. The molecule has 4 saturated heterocycles. The molecule has 2 spiro atoms. The van der Waals surface area contributed by atoms with Crippen LogP contribution in [0.1, 0.15) is 149 Å². The quantitative estimate of drug-likeness (QED) is 0.105. The second-order valence-corrected chi connectivity index (χ2v) is 38.3. The number of nitrogens with one attached hydrogen (secondary N) is 3. The van der Waals surface area contributed by atoms with E-state index in [2.05, 4.69) is 82.6 Å². The molecule has 16 rings (SSSR count). The molecule has 0 unspecified atom stereocenters. The van der Waals surface area contributed by atoms with E-state index in [1.165, 1.54) is 35.3 Å². The summed E-state index contributed by atoms with van der Waals surface area (Å²) >= 11 is 12.9. The van der Waals surface area contributed by atoms with Crippen LogP contribution in [0.3, 0.4) is 0 Å². The number of hydrogen-bond acceptors (Lipinski definition) is 19. The number of hydrogen-bond donors (Lipinski definition) is 3. The van der Waals surface area contributed by atoms with Crippen LogP contribution in [-0.2, 0) is 67.5 Å². The molecule has 594 valence electrons. The molecule has 8 aliphatic heterocycles. The summed E-state index contributed by atoms with van der Waals surface area (Å²) in [6, 6.07) is 24.3. The number of carbonyl (C=O) groups is 3. The van der Waals surface area contributed by atoms with Crippen molar-refractivity contribution in [2.24, 2.45) is 35.5 Å². The lowest BCUT2D eigenvalue weighted by molar-refractivity contribution is -0.140. The first-order valence-electron chi connectivity index (χ1n) is 40.4. The van der Waals surface area contributed by atoms with Crippen LogP contribution in [0.25, 0.3) is 0 Å². The van der Waals surface area contributed by atoms with Crippen LogP contribution in [0.4, 0.5) is 11.4 Å². The van der Waals surface area contributed by atoms with Crippen LogP contribution >= 0.6 is 23.2 Å². The number of piperazine rings is 2. The van der Waals surface area contributed by atoms with Gasteiger partial charge in [0, 0.05) is 136 Å². The lowest BCUT2D eigenvalue weighted by atomic mass is 9.63. The minimum atomic E-state index is -3.98. The Labute approximate surface area is 656 Å². The maximum Gasteiger partial charge on any atom is 0.264 e. The molecule has 4 aromatic rings. The van der Waals surface area contributed by atoms with Gasteiger partial charge >= 0.3 is 0 Å². The largest absolute Gasteiger partial charge is 0.490 e. The fourth-order valence-corrected chi connectivity index (χ4v) is 22.4. The van der Waals surface area contributed by atoms with Gasteiger partial charge in [-0.05, 0) is 223 Å². The summed E-state index contributed by atoms with van der Waals surface area (Å²) in [6.07, 6.45) is 19.9. The van der Waals surface area contributed by atoms with Crippen molar-refractivity contribution in [2.75, 3.05) is 148 Å². The van der Waals surface area contributed by atoms with E-state index in [-0.39, 0.29) is 46.0 Å². The molecule has 4 aromatic carbocycles. The molecule has 6 fully saturated rings. The Hall–Kier alpha value is -5.67. The predicted octanol–water partition coefficient (Wildman–Crippen LogP) is 10.8. The lowest BCUT2D eigenvalue weighted by Crippen LogP contribution is -2.61. The van der Waals surface area contributed by atoms with E-state index in [1.807, 2.05) is 57.2 Å². The zero-order chi connectivity index (χ0) is 76.5. The highest BCUT2D eigenvalue weighted by molar-refractivity contribution is 7.91. The van der Waals surface area contributed by atoms with Gasteiger partial charge in [0.25, 0.3) is 11.8 Å². The predicted molar refractivity (Wildman–Crippen MR) is 427 cm³/mol. The monoisotopic (exact) mass is 1580 g/mol. The summed E-state index contributed by atoms with van der Waals surface area (Å²) in [7, 11) is -7.94. The molecule has 2 saturated carbocycles. The minimum absolute atomic E-state index is 0.0388. The van der Waals surface area contributed by atoms with Crippen molar-refractivity contribution in [1.29, 1.82) is 0 Å². The summed E-state index contributed by atoms with van der Waals surface area (Å²) in [5.41, 5.74) is 4.99. The summed E-state index contributed by atoms with van der Waals surface area (Å²) < 4.78 is 95.8. The summed E-state index contributed by atoms with van der Waals surface area (Å²) in [6.45, 7) is 28.9. The maximum atomic E-state index is 13.7. The van der Waals surface area contributed by atoms with Gasteiger partial charge in [0.15, 0.2) is 6.29 Å². The second-order valence-electron chi connectivity index (χ2n) is 33.3. The highest BCUT2D eigenvalue weighted by Gasteiger charge is 2.53. The molecule has 3 N–H and O–H groups in total. The Balaban J connectivity index is 0.000000163. The Morgan fingerprint density at radius 3 is 1.50 bits per heavy atom. The molecule has 0 aromatic heterocycles. The first kappa shape index (κ1) is 80.0. The van der Waals surface area contributed by atoms with Crippen molar-refractivity contribution in [2.45, 2.75) is 163 Å². The van der Waals surface area contributed by atoms with Crippen molar-refractivity contribution >= 4 is 72.7 Å². The third-order valence-electron chi connectivity index (χ3n) is 26.7. The minimum Gasteiger partial charge on any atom is -0.490 e. The van der Waals surface area contributed by atoms with Crippen LogP contribution in [0.5, 0.6) is 11.5 Å². The Bertz CT molecular complexity index is 4230. The van der Waals surface area contributed by atoms with Crippen molar-refractivity contribution in [1.82, 2.24) is 29.5 Å². The zero-order valence-corrected chi connectivity index (χ0v) is 67.7. The first-order valence-corrected chi connectivity index (χ1v) is 44.2. The van der Waals surface area contributed by atoms with Crippen molar-refractivity contribution in [3.05, 3.63) is 141 Å². The second kappa shape index (κ2) is 33.8. The van der Waals surface area contributed by atoms with E-state index in [0.717, 1.165) is 189 Å². The third kappa shape index (κ3) is 17.0. The molecular formula is C84H114Cl2N8O13S2. The SMILES string of the molecule is C1CN(C2COC2)CCN1.CCO[C@]1(C=O)/C=C/C[C@H](C)[C@@H](C)S(=O)(=O)NC(=O)c2ccc3c(c2)N(C[C@@H]2CC[C@H]21)C[C@@]1(CCCc2cc(Cl)ccc21)CO3.CCO[C@]1(CN2CCN(C3COC3)CC2)/C=C/C[C@H](C)[C@@H](C)S(=O)(=O)NC(=O)c2ccc3c(c2)N(C[C@@H]2CC[C@H]21)C[C@@]1(CCCc2cc(Cl)ccc21)CO3. The number of ether oxygens (including phenoxy) is 6. The Morgan fingerprint density at radius 2 is 1.06 bits per heavy atom. The highest BCUT2D eigenvalue weighted by Crippen LogP contribution is 2.52. The standard InChI is InChI=1S/C42H57ClN4O6S.C35H43ClN2O6S.C7H14N2O/c1-4-53-42(27-45-17-19-46(20-18-45)35-24-51-25-35)16-5-7-29(2)30(3)54(49,50)44-40(48)32-10-14-39-38(22-32)47(23-33-9-12-37(33)42)26-41(28-52-39)15-6-8-31-21-34(43)11-13-36(31)41;1-4-44-35(21-39)16-5-7-23(2)24(3)45(41,42)37-33(40)26-10-14-32-31(18-26)38(19-27-9-12-30(27)35)20-34(22-43-32)15-6-8-25-17-28(36)11-13-29(25)34;1-3-9(4-2-8-1)7-5-10-6-7/h5,10-11,13-14,16,21-22,29-30,33,35,37H,4,6-9,12,15,17-20,23-28H2,1-3H3,(H,44,48);5,10-11,13-14,16-18,21,23-24,27,30H,4,6-9,12,15,19-20,22H2,1-3H3,(H,37,40);7-8H,1-6H2/b2*16-5+;/t29-,30+,33-,37+,41-,42-;23-,24+,27-,30+,34-,35-;/m00./s1. The van der Waals surface area contributed by atoms with Gasteiger partial charge < -0.3 is 43.5 Å². The number of carbonyl (C=O) groups excluding carboxylic acids is 3. The topological polar surface area (TPSA) is 227 Å². The van der Waals surface area contributed by atoms with E-state index < -0.39 is 53.6 Å². The highest BCUT2D eigenvalue weighted by atomic mass is 35.5. The maximum absolute atomic E-state index is 13.7. The summed E-state index contributed by atoms with van der Waals surface area (Å²) in [5.74, 6) is 0.304. The summed E-state index contributed by atoms with van der Waals surface area (Å²) in [5, 5.41) is 3.19. The molecule has 8 heterocycles. The van der Waals surface area contributed by atoms with Crippen molar-refractivity contribution in [3.63, 3.8) is 0 Å². The van der Waals surface area contributed by atoms with Gasteiger partial charge in [-0.15, -0.1) is 0 Å². The average Bonchev–Trinajstić information content (AvgIpc) is 1.71. The number of rotatable bonds is 9. The Kier molecular flexibility index (Phi) is 24.8. The number of allylic oxidation sites excluding steroid dienone is 2. The fraction of sp³-hybridized carbons (Fsp3) is 0.631. The van der Waals surface area contributed by atoms with Gasteiger partial charge in [-0.1, -0.05) is 67.4 Å². The summed E-state index contributed by atoms with van der Waals surface area (Å²) in [4.78, 5) is 52.4. The number of halogens is 2. The smallest absolute Gasteiger partial charge is 0.264 e. The third-order valence-corrected chi connectivity index (χ3v) is 31.0. The number of fused-ring (bicyclic) bond motifs is 8.